The van der Waals surface area contributed by atoms with E-state index in [-0.39, 0.29) is 0 Å². The molecule has 0 aromatic heterocycles. The first-order valence-electron chi connectivity index (χ1n) is 3.24. The number of aliphatic hydroxyl groups is 1. The molecule has 0 amide bonds. The van der Waals surface area contributed by atoms with Crippen molar-refractivity contribution < 1.29 is 19.6 Å². The lowest BCUT2D eigenvalue weighted by molar-refractivity contribution is -0.485. The van der Waals surface area contributed by atoms with Gasteiger partial charge in [0.2, 0.25) is 0 Å². The first kappa shape index (κ1) is 7.94. The lowest BCUT2D eigenvalue weighted by atomic mass is 10.1. The van der Waals surface area contributed by atoms with Gasteiger partial charge in [0, 0.05) is 20.0 Å². The van der Waals surface area contributed by atoms with E-state index in [1.165, 1.54) is 0 Å². The van der Waals surface area contributed by atoms with E-state index in [1.807, 2.05) is 0 Å². The summed E-state index contributed by atoms with van der Waals surface area (Å²) in [5.74, 6) is -0.681. The van der Waals surface area contributed by atoms with Crippen molar-refractivity contribution in [3.63, 3.8) is 0 Å². The third-order valence-corrected chi connectivity index (χ3v) is 1.61. The van der Waals surface area contributed by atoms with Crippen LogP contribution in [0.1, 0.15) is 19.8 Å². The van der Waals surface area contributed by atoms with Crippen LogP contribution in [-0.2, 0) is 14.5 Å². The van der Waals surface area contributed by atoms with E-state index in [9.17, 15) is 0 Å². The number of rotatable bonds is 1. The van der Waals surface area contributed by atoms with Crippen molar-refractivity contribution in [2.45, 2.75) is 31.8 Å². The highest BCUT2D eigenvalue weighted by atomic mass is 17.2. The van der Waals surface area contributed by atoms with Gasteiger partial charge in [0.05, 0.1) is 0 Å². The smallest absolute Gasteiger partial charge is 0.198 e. The van der Waals surface area contributed by atoms with Crippen molar-refractivity contribution in [1.82, 2.24) is 0 Å². The summed E-state index contributed by atoms with van der Waals surface area (Å²) in [6.45, 7) is 1.76. The van der Waals surface area contributed by atoms with Gasteiger partial charge in [-0.3, -0.25) is 0 Å². The van der Waals surface area contributed by atoms with Crippen LogP contribution in [0.15, 0.2) is 0 Å². The maximum atomic E-state index is 8.83. The van der Waals surface area contributed by atoms with Crippen molar-refractivity contribution in [3.8, 4) is 0 Å². The minimum Gasteiger partial charge on any atom is -0.366 e. The second-order valence-corrected chi connectivity index (χ2v) is 2.51. The molecule has 1 aliphatic heterocycles. The van der Waals surface area contributed by atoms with E-state index in [4.69, 9.17) is 14.7 Å². The van der Waals surface area contributed by atoms with Crippen LogP contribution in [0.3, 0.4) is 0 Å². The average Bonchev–Trinajstić information content (AvgIpc) is 1.96. The number of methoxy groups -OCH3 is 1. The summed E-state index contributed by atoms with van der Waals surface area (Å²) in [5, 5.41) is 8.83. The lowest BCUT2D eigenvalue weighted by Crippen LogP contribution is -2.38. The fraction of sp³-hybridized carbons (Fsp3) is 1.00. The summed E-state index contributed by atoms with van der Waals surface area (Å²) in [4.78, 5) is 9.27. The zero-order valence-electron chi connectivity index (χ0n) is 6.16. The number of hydrogen-bond donors (Lipinski definition) is 1. The van der Waals surface area contributed by atoms with E-state index >= 15 is 0 Å². The second kappa shape index (κ2) is 2.84. The highest BCUT2D eigenvalue weighted by molar-refractivity contribution is 4.64. The normalized spacial score (nSPS) is 41.7. The lowest BCUT2D eigenvalue weighted by Gasteiger charge is -2.32. The fourth-order valence-corrected chi connectivity index (χ4v) is 0.769. The molecule has 1 N–H and O–H groups in total. The summed E-state index contributed by atoms with van der Waals surface area (Å²) >= 11 is 0. The molecule has 4 nitrogen and oxygen atoms in total. The molecule has 1 heterocycles. The molecule has 0 radical (unpaired) electrons. The largest absolute Gasteiger partial charge is 0.366 e. The molecule has 2 atom stereocenters. The third kappa shape index (κ3) is 1.67. The van der Waals surface area contributed by atoms with E-state index in [2.05, 4.69) is 4.89 Å². The van der Waals surface area contributed by atoms with Gasteiger partial charge in [0.1, 0.15) is 0 Å². The fourth-order valence-electron chi connectivity index (χ4n) is 0.769. The van der Waals surface area contributed by atoms with Gasteiger partial charge in [-0.2, -0.15) is 4.89 Å². The molecule has 0 saturated carbocycles. The molecule has 1 fully saturated rings. The summed E-state index contributed by atoms with van der Waals surface area (Å²) in [6, 6.07) is 0. The molecule has 0 aromatic rings. The topological polar surface area (TPSA) is 47.9 Å². The summed E-state index contributed by atoms with van der Waals surface area (Å²) in [7, 11) is 1.54. The van der Waals surface area contributed by atoms with E-state index in [1.54, 1.807) is 14.0 Å². The quantitative estimate of drug-likeness (QED) is 0.547. The molecule has 0 spiro atoms. The Bertz CT molecular complexity index is 106. The van der Waals surface area contributed by atoms with Gasteiger partial charge in [-0.05, 0) is 6.92 Å². The highest BCUT2D eigenvalue weighted by Crippen LogP contribution is 2.25. The summed E-state index contributed by atoms with van der Waals surface area (Å²) in [5.41, 5.74) is 0. The van der Waals surface area contributed by atoms with Gasteiger partial charge in [-0.15, -0.1) is 0 Å². The van der Waals surface area contributed by atoms with Crippen molar-refractivity contribution in [2.75, 3.05) is 7.11 Å². The van der Waals surface area contributed by atoms with E-state index in [0.29, 0.717) is 12.8 Å². The van der Waals surface area contributed by atoms with Crippen molar-refractivity contribution in [2.24, 2.45) is 0 Å². The van der Waals surface area contributed by atoms with E-state index in [0.717, 1.165) is 0 Å². The molecule has 0 aliphatic carbocycles. The van der Waals surface area contributed by atoms with Crippen LogP contribution in [0.2, 0.25) is 0 Å². The highest BCUT2D eigenvalue weighted by Gasteiger charge is 2.32. The summed E-state index contributed by atoms with van der Waals surface area (Å²) < 4.78 is 4.97. The van der Waals surface area contributed by atoms with Gasteiger partial charge >= 0.3 is 0 Å². The van der Waals surface area contributed by atoms with Gasteiger partial charge in [0.25, 0.3) is 0 Å². The van der Waals surface area contributed by atoms with Gasteiger partial charge in [-0.25, -0.2) is 4.89 Å². The molecular weight excluding hydrogens is 136 g/mol. The maximum Gasteiger partial charge on any atom is 0.198 e. The number of ether oxygens (including phenoxy) is 1. The molecule has 60 valence electrons. The first-order valence-corrected chi connectivity index (χ1v) is 3.24. The van der Waals surface area contributed by atoms with Crippen LogP contribution < -0.4 is 0 Å². The first-order chi connectivity index (χ1) is 4.66. The van der Waals surface area contributed by atoms with Gasteiger partial charge in [-0.1, -0.05) is 0 Å². The zero-order valence-corrected chi connectivity index (χ0v) is 6.16. The Labute approximate surface area is 59.6 Å². The Hall–Kier alpha value is -0.160. The third-order valence-electron chi connectivity index (χ3n) is 1.61. The van der Waals surface area contributed by atoms with Crippen molar-refractivity contribution in [1.29, 1.82) is 0 Å². The number of aliphatic hydroxyl groups excluding tert-OH is 1. The molecule has 4 heteroatoms. The van der Waals surface area contributed by atoms with E-state index < -0.39 is 12.1 Å². The summed E-state index contributed by atoms with van der Waals surface area (Å²) in [6.07, 6.45) is 0.387. The molecular formula is C6H12O4. The Balaban J connectivity index is 2.38. The Morgan fingerprint density at radius 2 is 2.40 bits per heavy atom. The standard InChI is InChI=1S/C6H12O4/c1-6(8-2)4-3-5(7)9-10-6/h5,7H,3-4H2,1-2H3/t5-,6-/m0/s1. The molecule has 10 heavy (non-hydrogen) atoms. The molecule has 1 rings (SSSR count). The zero-order chi connectivity index (χ0) is 7.61. The van der Waals surface area contributed by atoms with Crippen LogP contribution >= 0.6 is 0 Å². The van der Waals surface area contributed by atoms with Crippen LogP contribution in [0, 0.1) is 0 Å². The van der Waals surface area contributed by atoms with Crippen molar-refractivity contribution >= 4 is 0 Å². The Kier molecular flexibility index (Phi) is 2.25. The SMILES string of the molecule is CO[C@]1(C)CC[C@@H](O)OO1. The molecule has 1 aliphatic rings. The predicted molar refractivity (Wildman–Crippen MR) is 32.8 cm³/mol. The second-order valence-electron chi connectivity index (χ2n) is 2.51. The average molecular weight is 148 g/mol. The predicted octanol–water partition coefficient (Wildman–Crippen LogP) is 0.409. The minimum atomic E-state index is -0.803. The monoisotopic (exact) mass is 148 g/mol. The van der Waals surface area contributed by atoms with Crippen LogP contribution in [0.5, 0.6) is 0 Å². The van der Waals surface area contributed by atoms with Crippen LogP contribution in [0.4, 0.5) is 0 Å². The molecule has 0 bridgehead atoms. The van der Waals surface area contributed by atoms with Crippen LogP contribution in [-0.4, -0.2) is 24.3 Å². The molecule has 0 unspecified atom stereocenters. The molecule has 1 saturated heterocycles. The van der Waals surface area contributed by atoms with Crippen molar-refractivity contribution in [3.05, 3.63) is 0 Å². The molecule has 0 aromatic carbocycles. The minimum absolute atomic E-state index is 0.546. The maximum absolute atomic E-state index is 8.83. The van der Waals surface area contributed by atoms with Gasteiger partial charge in [0.15, 0.2) is 12.1 Å². The Morgan fingerprint density at radius 1 is 1.70 bits per heavy atom. The van der Waals surface area contributed by atoms with Crippen LogP contribution in [0.25, 0.3) is 0 Å². The van der Waals surface area contributed by atoms with Gasteiger partial charge < -0.3 is 9.84 Å². The Morgan fingerprint density at radius 3 is 2.80 bits per heavy atom. The number of hydrogen-bond acceptors (Lipinski definition) is 4.